The maximum atomic E-state index is 10.6. The van der Waals surface area contributed by atoms with Crippen LogP contribution in [-0.4, -0.2) is 17.3 Å². The van der Waals surface area contributed by atoms with Crippen molar-refractivity contribution in [3.63, 3.8) is 0 Å². The van der Waals surface area contributed by atoms with Crippen molar-refractivity contribution < 1.29 is 9.84 Å². The van der Waals surface area contributed by atoms with E-state index in [-0.39, 0.29) is 0 Å². The molecule has 0 spiro atoms. The quantitative estimate of drug-likeness (QED) is 0.612. The Morgan fingerprint density at radius 1 is 1.00 bits per heavy atom. The van der Waals surface area contributed by atoms with Gasteiger partial charge in [-0.1, -0.05) is 45.7 Å². The fourth-order valence-corrected chi connectivity index (χ4v) is 2.94. The molecule has 0 fully saturated rings. The molecular weight excluding hydrogens is 260 g/mol. The van der Waals surface area contributed by atoms with Gasteiger partial charge in [0.15, 0.2) is 0 Å². The third kappa shape index (κ3) is 6.99. The summed E-state index contributed by atoms with van der Waals surface area (Å²) in [5.41, 5.74) is 0.846. The highest BCUT2D eigenvalue weighted by Gasteiger charge is 2.23. The predicted octanol–water partition coefficient (Wildman–Crippen LogP) is 5.13. The van der Waals surface area contributed by atoms with Crippen LogP contribution in [0, 0.1) is 0 Å². The highest BCUT2D eigenvalue weighted by atomic mass is 16.5. The molecular formula is C19H32O2. The molecule has 0 saturated carbocycles. The Morgan fingerprint density at radius 3 is 2.33 bits per heavy atom. The zero-order valence-corrected chi connectivity index (χ0v) is 14.0. The number of rotatable bonds is 11. The van der Waals surface area contributed by atoms with E-state index in [9.17, 15) is 5.11 Å². The predicted molar refractivity (Wildman–Crippen MR) is 89.9 cm³/mol. The monoisotopic (exact) mass is 292 g/mol. The Morgan fingerprint density at radius 2 is 1.71 bits per heavy atom. The van der Waals surface area contributed by atoms with Crippen LogP contribution in [-0.2, 0) is 6.42 Å². The average Bonchev–Trinajstić information content (AvgIpc) is 2.46. The third-order valence-electron chi connectivity index (χ3n) is 3.91. The summed E-state index contributed by atoms with van der Waals surface area (Å²) in [4.78, 5) is 0. The zero-order valence-electron chi connectivity index (χ0n) is 14.0. The second-order valence-corrected chi connectivity index (χ2v) is 6.07. The molecule has 1 rings (SSSR count). The molecule has 0 atom stereocenters. The molecule has 1 N–H and O–H groups in total. The van der Waals surface area contributed by atoms with E-state index in [1.807, 2.05) is 6.07 Å². The molecule has 0 aromatic heterocycles. The lowest BCUT2D eigenvalue weighted by molar-refractivity contribution is 0.0112. The van der Waals surface area contributed by atoms with Crippen molar-refractivity contribution in [1.82, 2.24) is 0 Å². The molecule has 2 heteroatoms. The van der Waals surface area contributed by atoms with Gasteiger partial charge in [0.05, 0.1) is 12.2 Å². The van der Waals surface area contributed by atoms with Crippen molar-refractivity contribution in [3.8, 4) is 5.75 Å². The minimum absolute atomic E-state index is 0.459. The van der Waals surface area contributed by atoms with Gasteiger partial charge < -0.3 is 9.84 Å². The minimum atomic E-state index is -0.459. The highest BCUT2D eigenvalue weighted by Crippen LogP contribution is 2.26. The highest BCUT2D eigenvalue weighted by molar-refractivity contribution is 5.28. The van der Waals surface area contributed by atoms with Gasteiger partial charge >= 0.3 is 0 Å². The first-order valence-corrected chi connectivity index (χ1v) is 8.57. The maximum Gasteiger partial charge on any atom is 0.119 e. The van der Waals surface area contributed by atoms with Gasteiger partial charge in [0.2, 0.25) is 0 Å². The second kappa shape index (κ2) is 9.83. The van der Waals surface area contributed by atoms with Crippen molar-refractivity contribution in [1.29, 1.82) is 0 Å². The number of benzene rings is 1. The van der Waals surface area contributed by atoms with Crippen LogP contribution in [0.1, 0.15) is 71.3 Å². The average molecular weight is 292 g/mol. The van der Waals surface area contributed by atoms with Crippen LogP contribution < -0.4 is 4.74 Å². The number of hydrogen-bond donors (Lipinski definition) is 1. The van der Waals surface area contributed by atoms with E-state index in [0.29, 0.717) is 0 Å². The summed E-state index contributed by atoms with van der Waals surface area (Å²) in [6.45, 7) is 7.19. The fourth-order valence-electron chi connectivity index (χ4n) is 2.94. The van der Waals surface area contributed by atoms with Crippen LogP contribution >= 0.6 is 0 Å². The molecule has 0 aliphatic rings. The van der Waals surface area contributed by atoms with Crippen LogP contribution in [0.25, 0.3) is 0 Å². The lowest BCUT2D eigenvalue weighted by Crippen LogP contribution is -2.28. The van der Waals surface area contributed by atoms with E-state index in [1.54, 1.807) is 0 Å². The van der Waals surface area contributed by atoms with E-state index in [4.69, 9.17) is 4.74 Å². The summed E-state index contributed by atoms with van der Waals surface area (Å²) >= 11 is 0. The molecule has 0 aliphatic heterocycles. The lowest BCUT2D eigenvalue weighted by Gasteiger charge is -2.27. The molecule has 0 amide bonds. The summed E-state index contributed by atoms with van der Waals surface area (Å²) in [5, 5.41) is 10.6. The van der Waals surface area contributed by atoms with E-state index >= 15 is 0 Å². The Bertz CT molecular complexity index is 381. The smallest absolute Gasteiger partial charge is 0.119 e. The van der Waals surface area contributed by atoms with E-state index in [0.717, 1.165) is 63.7 Å². The molecule has 0 unspecified atom stereocenters. The summed E-state index contributed by atoms with van der Waals surface area (Å²) in [7, 11) is 0. The van der Waals surface area contributed by atoms with Crippen molar-refractivity contribution in [2.75, 3.05) is 6.61 Å². The Kier molecular flexibility index (Phi) is 8.44. The van der Waals surface area contributed by atoms with Gasteiger partial charge in [0, 0.05) is 0 Å². The lowest BCUT2D eigenvalue weighted by atomic mass is 9.87. The first-order chi connectivity index (χ1) is 10.1. The summed E-state index contributed by atoms with van der Waals surface area (Å²) in [6.07, 6.45) is 7.92. The topological polar surface area (TPSA) is 29.5 Å². The van der Waals surface area contributed by atoms with E-state index < -0.39 is 5.60 Å². The fraction of sp³-hybridized carbons (Fsp3) is 0.684. The van der Waals surface area contributed by atoms with Crippen LogP contribution in [0.3, 0.4) is 0 Å². The number of aryl methyl sites for hydroxylation is 1. The van der Waals surface area contributed by atoms with Crippen LogP contribution in [0.15, 0.2) is 24.3 Å². The number of aliphatic hydroxyl groups is 1. The summed E-state index contributed by atoms with van der Waals surface area (Å²) in [5.74, 6) is 0.965. The minimum Gasteiger partial charge on any atom is -0.494 e. The molecule has 1 aromatic rings. The summed E-state index contributed by atoms with van der Waals surface area (Å²) in [6, 6.07) is 8.36. The van der Waals surface area contributed by atoms with Gasteiger partial charge in [-0.15, -0.1) is 0 Å². The molecule has 0 bridgehead atoms. The molecule has 0 radical (unpaired) electrons. The van der Waals surface area contributed by atoms with Crippen molar-refractivity contribution >= 4 is 0 Å². The first kappa shape index (κ1) is 18.0. The maximum absolute atomic E-state index is 10.6. The van der Waals surface area contributed by atoms with Gasteiger partial charge in [0.1, 0.15) is 5.75 Å². The van der Waals surface area contributed by atoms with Gasteiger partial charge in [-0.2, -0.15) is 0 Å². The van der Waals surface area contributed by atoms with E-state index in [1.165, 1.54) is 5.56 Å². The Hall–Kier alpha value is -1.02. The third-order valence-corrected chi connectivity index (χ3v) is 3.91. The van der Waals surface area contributed by atoms with E-state index in [2.05, 4.69) is 39.0 Å². The number of hydrogen-bond acceptors (Lipinski definition) is 2. The molecule has 0 saturated heterocycles. The Balaban J connectivity index is 2.46. The van der Waals surface area contributed by atoms with Gasteiger partial charge in [-0.3, -0.25) is 0 Å². The number of ether oxygens (including phenoxy) is 1. The van der Waals surface area contributed by atoms with Crippen molar-refractivity contribution in [2.45, 2.75) is 77.7 Å². The molecule has 0 aliphatic carbocycles. The molecule has 0 heterocycles. The van der Waals surface area contributed by atoms with Crippen LogP contribution in [0.2, 0.25) is 0 Å². The molecule has 120 valence electrons. The normalized spacial score (nSPS) is 11.6. The first-order valence-electron chi connectivity index (χ1n) is 8.57. The van der Waals surface area contributed by atoms with Crippen molar-refractivity contribution in [2.24, 2.45) is 0 Å². The zero-order chi connectivity index (χ0) is 15.6. The summed E-state index contributed by atoms with van der Waals surface area (Å²) < 4.78 is 5.67. The molecule has 2 nitrogen and oxygen atoms in total. The Labute approximate surface area is 130 Å². The molecule has 1 aromatic carbocycles. The van der Waals surface area contributed by atoms with Crippen LogP contribution in [0.4, 0.5) is 0 Å². The largest absolute Gasteiger partial charge is 0.494 e. The van der Waals surface area contributed by atoms with Gasteiger partial charge in [0.25, 0.3) is 0 Å². The molecule has 21 heavy (non-hydrogen) atoms. The van der Waals surface area contributed by atoms with Gasteiger partial charge in [-0.05, 0) is 56.2 Å². The van der Waals surface area contributed by atoms with Gasteiger partial charge in [-0.25, -0.2) is 0 Å². The second-order valence-electron chi connectivity index (χ2n) is 6.07. The SMILES string of the molecule is CCCOc1cccc(CCCC(O)(CCC)CCC)c1. The van der Waals surface area contributed by atoms with Crippen LogP contribution in [0.5, 0.6) is 5.75 Å². The van der Waals surface area contributed by atoms with Crippen molar-refractivity contribution in [3.05, 3.63) is 29.8 Å². The standard InChI is InChI=1S/C19H32O2/c1-4-12-19(20,13-5-2)14-8-10-17-9-7-11-18(16-17)21-15-6-3/h7,9,11,16,20H,4-6,8,10,12-15H2,1-3H3.